The van der Waals surface area contributed by atoms with Crippen molar-refractivity contribution in [1.29, 1.82) is 0 Å². The first-order chi connectivity index (χ1) is 6.15. The Morgan fingerprint density at radius 3 is 2.31 bits per heavy atom. The molecule has 2 N–H and O–H groups in total. The van der Waals surface area contributed by atoms with Gasteiger partial charge in [-0.2, -0.15) is 11.8 Å². The Morgan fingerprint density at radius 2 is 1.92 bits per heavy atom. The van der Waals surface area contributed by atoms with Crippen molar-refractivity contribution < 1.29 is 4.74 Å². The van der Waals surface area contributed by atoms with E-state index in [9.17, 15) is 0 Å². The molecule has 74 valence electrons. The van der Waals surface area contributed by atoms with E-state index in [4.69, 9.17) is 10.5 Å². The Morgan fingerprint density at radius 1 is 1.38 bits per heavy atom. The van der Waals surface area contributed by atoms with E-state index in [-0.39, 0.29) is 0 Å². The minimum absolute atomic E-state index is 0.708. The summed E-state index contributed by atoms with van der Waals surface area (Å²) in [6, 6.07) is 5.44. The van der Waals surface area contributed by atoms with Crippen LogP contribution in [0.25, 0.3) is 0 Å². The Bertz CT molecular complexity index is 255. The third kappa shape index (κ3) is 5.05. The van der Waals surface area contributed by atoms with Crippen LogP contribution in [-0.2, 0) is 0 Å². The van der Waals surface area contributed by atoms with Gasteiger partial charge in [0.25, 0.3) is 0 Å². The van der Waals surface area contributed by atoms with Crippen molar-refractivity contribution in [3.63, 3.8) is 0 Å². The number of methoxy groups -OCH3 is 1. The molecule has 0 heterocycles. The molecule has 0 aliphatic carbocycles. The fraction of sp³-hybridized carbons (Fsp3) is 0.333. The van der Waals surface area contributed by atoms with E-state index >= 15 is 0 Å². The van der Waals surface area contributed by atoms with Crippen LogP contribution in [0, 0.1) is 0 Å². The number of benzene rings is 1. The molecule has 0 atom stereocenters. The normalized spacial score (nSPS) is 8.62. The number of ether oxygens (including phenoxy) is 1. The predicted octanol–water partition coefficient (Wildman–Crippen LogP) is 3.02. The number of rotatable bonds is 1. The third-order valence-electron chi connectivity index (χ3n) is 1.18. The van der Waals surface area contributed by atoms with Crippen LogP contribution in [0.4, 0.5) is 5.69 Å². The van der Waals surface area contributed by atoms with Crippen molar-refractivity contribution in [2.75, 3.05) is 25.4 Å². The third-order valence-corrected chi connectivity index (χ3v) is 1.83. The van der Waals surface area contributed by atoms with Crippen molar-refractivity contribution >= 4 is 33.4 Å². The van der Waals surface area contributed by atoms with Crippen LogP contribution >= 0.6 is 27.7 Å². The van der Waals surface area contributed by atoms with Gasteiger partial charge in [0.15, 0.2) is 0 Å². The highest BCUT2D eigenvalue weighted by Gasteiger charge is 1.97. The van der Waals surface area contributed by atoms with E-state index in [0.29, 0.717) is 5.69 Å². The summed E-state index contributed by atoms with van der Waals surface area (Å²) in [4.78, 5) is 0. The number of hydrogen-bond acceptors (Lipinski definition) is 3. The van der Waals surface area contributed by atoms with Gasteiger partial charge < -0.3 is 10.5 Å². The second kappa shape index (κ2) is 7.09. The first-order valence-electron chi connectivity index (χ1n) is 3.64. The highest BCUT2D eigenvalue weighted by molar-refractivity contribution is 9.10. The smallest absolute Gasteiger partial charge is 0.135 e. The highest BCUT2D eigenvalue weighted by atomic mass is 79.9. The number of halogens is 1. The molecule has 0 aliphatic rings. The fourth-order valence-electron chi connectivity index (χ4n) is 0.676. The molecule has 1 rings (SSSR count). The zero-order valence-corrected chi connectivity index (χ0v) is 10.4. The summed E-state index contributed by atoms with van der Waals surface area (Å²) in [6.45, 7) is 0. The number of nitrogen functional groups attached to an aromatic ring is 1. The Balaban J connectivity index is 0.000000424. The predicted molar refractivity (Wildman–Crippen MR) is 64.5 cm³/mol. The molecule has 0 unspecified atom stereocenters. The molecule has 0 saturated carbocycles. The lowest BCUT2D eigenvalue weighted by Gasteiger charge is -2.02. The second-order valence-corrected chi connectivity index (χ2v) is 3.97. The van der Waals surface area contributed by atoms with Gasteiger partial charge in [0.1, 0.15) is 5.75 Å². The average Bonchev–Trinajstić information content (AvgIpc) is 2.10. The van der Waals surface area contributed by atoms with E-state index in [0.717, 1.165) is 10.2 Å². The van der Waals surface area contributed by atoms with E-state index in [1.807, 2.05) is 24.6 Å². The summed E-state index contributed by atoms with van der Waals surface area (Å²) < 4.78 is 5.92. The lowest BCUT2D eigenvalue weighted by molar-refractivity contribution is 0.412. The topological polar surface area (TPSA) is 35.2 Å². The van der Waals surface area contributed by atoms with E-state index in [1.165, 1.54) is 0 Å². The fourth-order valence-corrected chi connectivity index (χ4v) is 1.08. The van der Waals surface area contributed by atoms with Gasteiger partial charge in [-0.05, 0) is 40.6 Å². The summed E-state index contributed by atoms with van der Waals surface area (Å²) in [6.07, 6.45) is 4.08. The minimum Gasteiger partial charge on any atom is -0.495 e. The summed E-state index contributed by atoms with van der Waals surface area (Å²) in [7, 11) is 1.61. The Kier molecular flexibility index (Phi) is 6.90. The number of thioether (sulfide) groups is 1. The van der Waals surface area contributed by atoms with Crippen molar-refractivity contribution in [1.82, 2.24) is 0 Å². The first kappa shape index (κ1) is 12.7. The molecule has 0 spiro atoms. The van der Waals surface area contributed by atoms with Gasteiger partial charge >= 0.3 is 0 Å². The number of nitrogens with two attached hydrogens (primary N) is 1. The van der Waals surface area contributed by atoms with Crippen LogP contribution in [0.1, 0.15) is 0 Å². The van der Waals surface area contributed by atoms with Crippen LogP contribution < -0.4 is 10.5 Å². The van der Waals surface area contributed by atoms with Crippen molar-refractivity contribution in [2.24, 2.45) is 0 Å². The molecule has 2 nitrogen and oxygen atoms in total. The average molecular weight is 264 g/mol. The van der Waals surface area contributed by atoms with Crippen LogP contribution in [0.15, 0.2) is 22.7 Å². The zero-order chi connectivity index (χ0) is 10.3. The molecular formula is C9H14BrNOS. The summed E-state index contributed by atoms with van der Waals surface area (Å²) in [5, 5.41) is 0. The van der Waals surface area contributed by atoms with Gasteiger partial charge in [-0.3, -0.25) is 0 Å². The van der Waals surface area contributed by atoms with Crippen molar-refractivity contribution in [3.8, 4) is 5.75 Å². The molecule has 0 saturated heterocycles. The van der Waals surface area contributed by atoms with E-state index in [1.54, 1.807) is 24.9 Å². The van der Waals surface area contributed by atoms with E-state index < -0.39 is 0 Å². The lowest BCUT2D eigenvalue weighted by atomic mass is 10.3. The molecule has 1 aromatic rings. The van der Waals surface area contributed by atoms with Crippen LogP contribution in [-0.4, -0.2) is 19.6 Å². The molecule has 0 aromatic heterocycles. The lowest BCUT2D eigenvalue weighted by Crippen LogP contribution is -1.88. The minimum atomic E-state index is 0.708. The first-order valence-corrected chi connectivity index (χ1v) is 6.07. The highest BCUT2D eigenvalue weighted by Crippen LogP contribution is 2.26. The van der Waals surface area contributed by atoms with Gasteiger partial charge in [-0.1, -0.05) is 0 Å². The molecule has 0 aliphatic heterocycles. The SMILES string of the molecule is COc1cc(N)ccc1Br.CSC. The maximum atomic E-state index is 5.50. The quantitative estimate of drug-likeness (QED) is 0.792. The van der Waals surface area contributed by atoms with Gasteiger partial charge in [0.05, 0.1) is 11.6 Å². The Labute approximate surface area is 92.0 Å². The van der Waals surface area contributed by atoms with Crippen LogP contribution in [0.5, 0.6) is 5.75 Å². The maximum Gasteiger partial charge on any atom is 0.135 e. The molecule has 13 heavy (non-hydrogen) atoms. The molecule has 4 heteroatoms. The summed E-state index contributed by atoms with van der Waals surface area (Å²) in [5.74, 6) is 0.764. The summed E-state index contributed by atoms with van der Waals surface area (Å²) in [5.41, 5.74) is 6.21. The molecule has 0 amide bonds. The number of anilines is 1. The molecule has 0 bridgehead atoms. The molecule has 1 aromatic carbocycles. The standard InChI is InChI=1S/C7H8BrNO.C2H6S/c1-10-7-4-5(9)2-3-6(7)8;1-3-2/h2-4H,9H2,1H3;1-2H3. The van der Waals surface area contributed by atoms with Gasteiger partial charge in [-0.25, -0.2) is 0 Å². The Hall–Kier alpha value is -0.350. The van der Waals surface area contributed by atoms with E-state index in [2.05, 4.69) is 15.9 Å². The molecular weight excluding hydrogens is 250 g/mol. The number of hydrogen-bond donors (Lipinski definition) is 1. The van der Waals surface area contributed by atoms with Gasteiger partial charge in [0, 0.05) is 11.8 Å². The van der Waals surface area contributed by atoms with Gasteiger partial charge in [0.2, 0.25) is 0 Å². The van der Waals surface area contributed by atoms with Gasteiger partial charge in [-0.15, -0.1) is 0 Å². The molecule has 0 fully saturated rings. The second-order valence-electron chi connectivity index (χ2n) is 2.30. The van der Waals surface area contributed by atoms with Crippen molar-refractivity contribution in [2.45, 2.75) is 0 Å². The summed E-state index contributed by atoms with van der Waals surface area (Å²) >= 11 is 5.06. The molecule has 0 radical (unpaired) electrons. The maximum absolute atomic E-state index is 5.50. The van der Waals surface area contributed by atoms with Crippen LogP contribution in [0.3, 0.4) is 0 Å². The monoisotopic (exact) mass is 263 g/mol. The largest absolute Gasteiger partial charge is 0.495 e. The zero-order valence-electron chi connectivity index (χ0n) is 8.00. The van der Waals surface area contributed by atoms with Crippen molar-refractivity contribution in [3.05, 3.63) is 22.7 Å². The van der Waals surface area contributed by atoms with Crippen LogP contribution in [0.2, 0.25) is 0 Å².